The molecule has 2 aromatic carbocycles. The van der Waals surface area contributed by atoms with Crippen molar-refractivity contribution in [3.8, 4) is 5.75 Å². The Morgan fingerprint density at radius 3 is 2.31 bits per heavy atom. The van der Waals surface area contributed by atoms with Gasteiger partial charge in [0.25, 0.3) is 0 Å². The molecule has 140 valence electrons. The highest BCUT2D eigenvalue weighted by molar-refractivity contribution is 7.92. The van der Waals surface area contributed by atoms with Gasteiger partial charge in [-0.1, -0.05) is 30.3 Å². The Labute approximate surface area is 154 Å². The lowest BCUT2D eigenvalue weighted by molar-refractivity contribution is -0.120. The van der Waals surface area contributed by atoms with Gasteiger partial charge < -0.3 is 10.1 Å². The third-order valence-corrected chi connectivity index (χ3v) is 5.08. The molecule has 0 saturated heterocycles. The lowest BCUT2D eigenvalue weighted by Crippen LogP contribution is -2.35. The molecule has 6 nitrogen and oxygen atoms in total. The third kappa shape index (κ3) is 6.07. The van der Waals surface area contributed by atoms with Gasteiger partial charge in [0.1, 0.15) is 5.75 Å². The highest BCUT2D eigenvalue weighted by atomic mass is 32.2. The SMILES string of the molecule is COc1ccc(N(CCC(=O)NCCc2ccccc2)S(C)(=O)=O)cc1. The number of carbonyl (C=O) groups excluding carboxylic acids is 1. The van der Waals surface area contributed by atoms with Gasteiger partial charge in [-0.05, 0) is 36.2 Å². The van der Waals surface area contributed by atoms with Gasteiger partial charge in [-0.3, -0.25) is 9.10 Å². The molecule has 7 heteroatoms. The first-order chi connectivity index (χ1) is 12.4. The van der Waals surface area contributed by atoms with Crippen LogP contribution in [0.15, 0.2) is 54.6 Å². The Hall–Kier alpha value is -2.54. The zero-order valence-corrected chi connectivity index (χ0v) is 15.8. The van der Waals surface area contributed by atoms with Crippen LogP contribution in [0.3, 0.4) is 0 Å². The number of amides is 1. The lowest BCUT2D eigenvalue weighted by atomic mass is 10.1. The summed E-state index contributed by atoms with van der Waals surface area (Å²) < 4.78 is 30.4. The van der Waals surface area contributed by atoms with Gasteiger partial charge in [0.15, 0.2) is 0 Å². The van der Waals surface area contributed by atoms with Gasteiger partial charge in [0, 0.05) is 19.5 Å². The lowest BCUT2D eigenvalue weighted by Gasteiger charge is -2.22. The molecule has 2 aromatic rings. The highest BCUT2D eigenvalue weighted by Gasteiger charge is 2.18. The van der Waals surface area contributed by atoms with Crippen molar-refractivity contribution in [3.63, 3.8) is 0 Å². The summed E-state index contributed by atoms with van der Waals surface area (Å²) in [6, 6.07) is 16.6. The summed E-state index contributed by atoms with van der Waals surface area (Å²) >= 11 is 0. The number of rotatable bonds is 9. The minimum Gasteiger partial charge on any atom is -0.497 e. The number of nitrogens with one attached hydrogen (secondary N) is 1. The van der Waals surface area contributed by atoms with E-state index in [0.29, 0.717) is 18.0 Å². The fourth-order valence-corrected chi connectivity index (χ4v) is 3.44. The number of anilines is 1. The Balaban J connectivity index is 1.89. The van der Waals surface area contributed by atoms with Gasteiger partial charge in [0.2, 0.25) is 15.9 Å². The third-order valence-electron chi connectivity index (χ3n) is 3.88. The standard InChI is InChI=1S/C19H24N2O4S/c1-25-18-10-8-17(9-11-18)21(26(2,23)24)15-13-19(22)20-14-12-16-6-4-3-5-7-16/h3-11H,12-15H2,1-2H3,(H,20,22). The quantitative estimate of drug-likeness (QED) is 0.728. The summed E-state index contributed by atoms with van der Waals surface area (Å²) in [4.78, 5) is 12.0. The molecular formula is C19H24N2O4S. The van der Waals surface area contributed by atoms with Crippen LogP contribution in [0.1, 0.15) is 12.0 Å². The van der Waals surface area contributed by atoms with E-state index < -0.39 is 10.0 Å². The molecule has 2 rings (SSSR count). The van der Waals surface area contributed by atoms with E-state index in [1.54, 1.807) is 31.4 Å². The topological polar surface area (TPSA) is 75.7 Å². The van der Waals surface area contributed by atoms with Gasteiger partial charge in [-0.2, -0.15) is 0 Å². The van der Waals surface area contributed by atoms with E-state index >= 15 is 0 Å². The average Bonchev–Trinajstić information content (AvgIpc) is 2.62. The minimum atomic E-state index is -3.48. The second kappa shape index (κ2) is 9.24. The normalized spacial score (nSPS) is 11.0. The maximum Gasteiger partial charge on any atom is 0.232 e. The van der Waals surface area contributed by atoms with Gasteiger partial charge >= 0.3 is 0 Å². The predicted molar refractivity (Wildman–Crippen MR) is 103 cm³/mol. The predicted octanol–water partition coefficient (Wildman–Crippen LogP) is 2.21. The molecule has 0 heterocycles. The van der Waals surface area contributed by atoms with Crippen molar-refractivity contribution in [2.75, 3.05) is 30.8 Å². The maximum absolute atomic E-state index is 12.1. The van der Waals surface area contributed by atoms with Crippen molar-refractivity contribution in [1.82, 2.24) is 5.32 Å². The van der Waals surface area contributed by atoms with Gasteiger partial charge in [-0.25, -0.2) is 8.42 Å². The van der Waals surface area contributed by atoms with Crippen LogP contribution in [0.4, 0.5) is 5.69 Å². The summed E-state index contributed by atoms with van der Waals surface area (Å²) in [6.07, 6.45) is 1.96. The number of benzene rings is 2. The summed E-state index contributed by atoms with van der Waals surface area (Å²) in [5.41, 5.74) is 1.65. The first-order valence-corrected chi connectivity index (χ1v) is 10.2. The van der Waals surface area contributed by atoms with Crippen molar-refractivity contribution in [2.45, 2.75) is 12.8 Å². The van der Waals surface area contributed by atoms with E-state index in [9.17, 15) is 13.2 Å². The van der Waals surface area contributed by atoms with Gasteiger partial charge in [-0.15, -0.1) is 0 Å². The van der Waals surface area contributed by atoms with E-state index in [1.807, 2.05) is 30.3 Å². The molecule has 0 unspecified atom stereocenters. The van der Waals surface area contributed by atoms with Crippen LogP contribution in [-0.4, -0.2) is 40.8 Å². The molecule has 0 aliphatic rings. The van der Waals surface area contributed by atoms with Crippen molar-refractivity contribution < 1.29 is 17.9 Å². The van der Waals surface area contributed by atoms with Crippen LogP contribution in [0.5, 0.6) is 5.75 Å². The molecule has 26 heavy (non-hydrogen) atoms. The number of hydrogen-bond donors (Lipinski definition) is 1. The molecule has 0 radical (unpaired) electrons. The molecule has 0 aromatic heterocycles. The first-order valence-electron chi connectivity index (χ1n) is 8.32. The Morgan fingerprint density at radius 2 is 1.73 bits per heavy atom. The average molecular weight is 376 g/mol. The largest absolute Gasteiger partial charge is 0.497 e. The minimum absolute atomic E-state index is 0.0856. The molecule has 0 atom stereocenters. The number of nitrogens with zero attached hydrogens (tertiary/aromatic N) is 1. The molecule has 0 saturated carbocycles. The first kappa shape index (κ1) is 19.8. The number of ether oxygens (including phenoxy) is 1. The summed E-state index contributed by atoms with van der Waals surface area (Å²) in [5.74, 6) is 0.462. The molecule has 0 fully saturated rings. The van der Waals surface area contributed by atoms with Crippen molar-refractivity contribution >= 4 is 21.6 Å². The number of sulfonamides is 1. The van der Waals surface area contributed by atoms with E-state index in [0.717, 1.165) is 18.2 Å². The molecule has 0 aliphatic heterocycles. The number of carbonyl (C=O) groups is 1. The van der Waals surface area contributed by atoms with Crippen molar-refractivity contribution in [2.24, 2.45) is 0 Å². The van der Waals surface area contributed by atoms with Crippen LogP contribution in [0, 0.1) is 0 Å². The summed E-state index contributed by atoms with van der Waals surface area (Å²) in [6.45, 7) is 0.604. The molecular weight excluding hydrogens is 352 g/mol. The van der Waals surface area contributed by atoms with E-state index in [1.165, 1.54) is 4.31 Å². The second-order valence-electron chi connectivity index (χ2n) is 5.87. The smallest absolute Gasteiger partial charge is 0.232 e. The Kier molecular flexibility index (Phi) is 7.03. The summed E-state index contributed by atoms with van der Waals surface area (Å²) in [7, 11) is -1.94. The fourth-order valence-electron chi connectivity index (χ4n) is 2.52. The van der Waals surface area contributed by atoms with Crippen LogP contribution >= 0.6 is 0 Å². The van der Waals surface area contributed by atoms with Crippen LogP contribution < -0.4 is 14.4 Å². The second-order valence-corrected chi connectivity index (χ2v) is 7.78. The fraction of sp³-hybridized carbons (Fsp3) is 0.316. The number of hydrogen-bond acceptors (Lipinski definition) is 4. The zero-order valence-electron chi connectivity index (χ0n) is 15.0. The molecule has 1 amide bonds. The van der Waals surface area contributed by atoms with Crippen LogP contribution in [-0.2, 0) is 21.2 Å². The van der Waals surface area contributed by atoms with Crippen LogP contribution in [0.2, 0.25) is 0 Å². The zero-order chi connectivity index (χ0) is 19.0. The Bertz CT molecular complexity index is 805. The molecule has 0 bridgehead atoms. The van der Waals surface area contributed by atoms with Crippen molar-refractivity contribution in [3.05, 3.63) is 60.2 Å². The van der Waals surface area contributed by atoms with Crippen LogP contribution in [0.25, 0.3) is 0 Å². The molecule has 0 aliphatic carbocycles. The maximum atomic E-state index is 12.1. The van der Waals surface area contributed by atoms with E-state index in [-0.39, 0.29) is 18.9 Å². The van der Waals surface area contributed by atoms with Crippen molar-refractivity contribution in [1.29, 1.82) is 0 Å². The van der Waals surface area contributed by atoms with E-state index in [2.05, 4.69) is 5.32 Å². The monoisotopic (exact) mass is 376 g/mol. The Morgan fingerprint density at radius 1 is 1.08 bits per heavy atom. The highest BCUT2D eigenvalue weighted by Crippen LogP contribution is 2.21. The molecule has 1 N–H and O–H groups in total. The summed E-state index contributed by atoms with van der Waals surface area (Å²) in [5, 5.41) is 2.83. The molecule has 0 spiro atoms. The van der Waals surface area contributed by atoms with E-state index in [4.69, 9.17) is 4.74 Å². The van der Waals surface area contributed by atoms with Gasteiger partial charge in [0.05, 0.1) is 19.1 Å². The number of methoxy groups -OCH3 is 1.